The lowest BCUT2D eigenvalue weighted by molar-refractivity contribution is -0.132. The zero-order chi connectivity index (χ0) is 19.9. The van der Waals surface area contributed by atoms with E-state index in [9.17, 15) is 4.79 Å². The van der Waals surface area contributed by atoms with E-state index in [0.29, 0.717) is 18.9 Å². The van der Waals surface area contributed by atoms with Gasteiger partial charge in [-0.05, 0) is 24.3 Å². The van der Waals surface area contributed by atoms with Crippen molar-refractivity contribution in [2.45, 2.75) is 25.9 Å². The average molecular weight is 407 g/mol. The second-order valence-electron chi connectivity index (χ2n) is 7.51. The highest BCUT2D eigenvalue weighted by molar-refractivity contribution is 7.13. The lowest BCUT2D eigenvalue weighted by Crippen LogP contribution is -2.40. The van der Waals surface area contributed by atoms with Gasteiger partial charge < -0.3 is 9.64 Å². The molecule has 1 fully saturated rings. The van der Waals surface area contributed by atoms with Crippen LogP contribution in [0, 0.1) is 5.92 Å². The standard InChI is InChI=1S/C24H26N2O2S/c27-23(15-22-18-29-24(25-22)21-9-5-2-6-10-21)26-13-11-20(12-14-26)17-28-16-19-7-3-1-4-8-19/h1-10,18,20H,11-17H2. The van der Waals surface area contributed by atoms with E-state index in [1.807, 2.05) is 46.7 Å². The minimum atomic E-state index is 0.179. The van der Waals surface area contributed by atoms with Gasteiger partial charge >= 0.3 is 0 Å². The van der Waals surface area contributed by atoms with Crippen LogP contribution in [0.25, 0.3) is 10.6 Å². The molecule has 1 aliphatic heterocycles. The highest BCUT2D eigenvalue weighted by atomic mass is 32.1. The second-order valence-corrected chi connectivity index (χ2v) is 8.37. The average Bonchev–Trinajstić information content (AvgIpc) is 3.24. The first-order valence-corrected chi connectivity index (χ1v) is 11.0. The van der Waals surface area contributed by atoms with E-state index < -0.39 is 0 Å². The number of ether oxygens (including phenoxy) is 1. The zero-order valence-electron chi connectivity index (χ0n) is 16.5. The number of thiazole rings is 1. The van der Waals surface area contributed by atoms with E-state index in [1.54, 1.807) is 11.3 Å². The van der Waals surface area contributed by atoms with Gasteiger partial charge in [0, 0.05) is 30.6 Å². The molecule has 1 amide bonds. The topological polar surface area (TPSA) is 42.4 Å². The van der Waals surface area contributed by atoms with Crippen molar-refractivity contribution in [2.75, 3.05) is 19.7 Å². The van der Waals surface area contributed by atoms with Crippen LogP contribution in [0.1, 0.15) is 24.1 Å². The molecule has 0 aliphatic carbocycles. The van der Waals surface area contributed by atoms with E-state index in [0.717, 1.165) is 48.8 Å². The molecule has 4 rings (SSSR count). The third kappa shape index (κ3) is 5.52. The van der Waals surface area contributed by atoms with Gasteiger partial charge in [0.2, 0.25) is 5.91 Å². The number of carbonyl (C=O) groups excluding carboxylic acids is 1. The van der Waals surface area contributed by atoms with Gasteiger partial charge in [0.05, 0.1) is 18.7 Å². The van der Waals surface area contributed by atoms with Crippen LogP contribution in [0.3, 0.4) is 0 Å². The maximum atomic E-state index is 12.7. The lowest BCUT2D eigenvalue weighted by Gasteiger charge is -2.31. The van der Waals surface area contributed by atoms with Crippen LogP contribution in [-0.2, 0) is 22.6 Å². The third-order valence-electron chi connectivity index (χ3n) is 5.34. The van der Waals surface area contributed by atoms with Crippen LogP contribution in [0.15, 0.2) is 66.0 Å². The summed E-state index contributed by atoms with van der Waals surface area (Å²) in [5.41, 5.74) is 3.18. The molecular formula is C24H26N2O2S. The normalized spacial score (nSPS) is 14.8. The summed E-state index contributed by atoms with van der Waals surface area (Å²) in [6.07, 6.45) is 2.40. The molecule has 0 bridgehead atoms. The summed E-state index contributed by atoms with van der Waals surface area (Å²) >= 11 is 1.60. The summed E-state index contributed by atoms with van der Waals surface area (Å²) in [6, 6.07) is 20.4. The number of hydrogen-bond donors (Lipinski definition) is 0. The van der Waals surface area contributed by atoms with Crippen molar-refractivity contribution in [3.05, 3.63) is 77.3 Å². The number of carbonyl (C=O) groups is 1. The number of aromatic nitrogens is 1. The number of likely N-dealkylation sites (tertiary alicyclic amines) is 1. The Morgan fingerprint density at radius 3 is 2.45 bits per heavy atom. The molecule has 0 saturated carbocycles. The van der Waals surface area contributed by atoms with Crippen molar-refractivity contribution in [1.82, 2.24) is 9.88 Å². The quantitative estimate of drug-likeness (QED) is 0.566. The molecule has 0 radical (unpaired) electrons. The molecule has 3 aromatic rings. The second kappa shape index (κ2) is 9.81. The van der Waals surface area contributed by atoms with Crippen LogP contribution in [0.4, 0.5) is 0 Å². The predicted octanol–water partition coefficient (Wildman–Crippen LogP) is 4.81. The smallest absolute Gasteiger partial charge is 0.228 e. The predicted molar refractivity (Wildman–Crippen MR) is 117 cm³/mol. The molecule has 2 heterocycles. The molecule has 1 aromatic heterocycles. The van der Waals surface area contributed by atoms with E-state index in [1.165, 1.54) is 5.56 Å². The lowest BCUT2D eigenvalue weighted by atomic mass is 9.97. The maximum Gasteiger partial charge on any atom is 0.228 e. The van der Waals surface area contributed by atoms with Gasteiger partial charge in [-0.2, -0.15) is 0 Å². The first-order valence-electron chi connectivity index (χ1n) is 10.2. The van der Waals surface area contributed by atoms with E-state index in [2.05, 4.69) is 29.2 Å². The van der Waals surface area contributed by atoms with Gasteiger partial charge in [0.15, 0.2) is 0 Å². The fourth-order valence-corrected chi connectivity index (χ4v) is 4.46. The molecular weight excluding hydrogens is 380 g/mol. The Morgan fingerprint density at radius 1 is 1.03 bits per heavy atom. The van der Waals surface area contributed by atoms with E-state index in [4.69, 9.17) is 4.74 Å². The molecule has 1 saturated heterocycles. The third-order valence-corrected chi connectivity index (χ3v) is 6.28. The van der Waals surface area contributed by atoms with Crippen molar-refractivity contribution in [2.24, 2.45) is 5.92 Å². The van der Waals surface area contributed by atoms with Gasteiger partial charge in [-0.3, -0.25) is 4.79 Å². The fourth-order valence-electron chi connectivity index (χ4n) is 3.63. The summed E-state index contributed by atoms with van der Waals surface area (Å²) in [7, 11) is 0. The van der Waals surface area contributed by atoms with Gasteiger partial charge in [0.1, 0.15) is 5.01 Å². The van der Waals surface area contributed by atoms with Gasteiger partial charge in [-0.15, -0.1) is 11.3 Å². The SMILES string of the molecule is O=C(Cc1csc(-c2ccccc2)n1)N1CCC(COCc2ccccc2)CC1. The van der Waals surface area contributed by atoms with Crippen LogP contribution in [0.2, 0.25) is 0 Å². The minimum Gasteiger partial charge on any atom is -0.376 e. The first-order chi connectivity index (χ1) is 14.3. The summed E-state index contributed by atoms with van der Waals surface area (Å²) in [6.45, 7) is 3.05. The Balaban J connectivity index is 1.21. The van der Waals surface area contributed by atoms with Crippen LogP contribution < -0.4 is 0 Å². The number of hydrogen-bond acceptors (Lipinski definition) is 4. The maximum absolute atomic E-state index is 12.7. The van der Waals surface area contributed by atoms with Gasteiger partial charge in [-0.1, -0.05) is 60.7 Å². The van der Waals surface area contributed by atoms with Gasteiger partial charge in [0.25, 0.3) is 0 Å². The number of benzene rings is 2. The molecule has 0 N–H and O–H groups in total. The first kappa shape index (κ1) is 19.8. The highest BCUT2D eigenvalue weighted by Crippen LogP contribution is 2.24. The number of amides is 1. The zero-order valence-corrected chi connectivity index (χ0v) is 17.3. The molecule has 29 heavy (non-hydrogen) atoms. The van der Waals surface area contributed by atoms with Crippen molar-refractivity contribution in [3.8, 4) is 10.6 Å². The fraction of sp³-hybridized carbons (Fsp3) is 0.333. The Hall–Kier alpha value is -2.50. The highest BCUT2D eigenvalue weighted by Gasteiger charge is 2.23. The molecule has 150 valence electrons. The van der Waals surface area contributed by atoms with Crippen LogP contribution >= 0.6 is 11.3 Å². The van der Waals surface area contributed by atoms with Crippen molar-refractivity contribution < 1.29 is 9.53 Å². The molecule has 5 heteroatoms. The van der Waals surface area contributed by atoms with E-state index >= 15 is 0 Å². The van der Waals surface area contributed by atoms with E-state index in [-0.39, 0.29) is 5.91 Å². The van der Waals surface area contributed by atoms with Crippen LogP contribution in [0.5, 0.6) is 0 Å². The molecule has 0 spiro atoms. The Kier molecular flexibility index (Phi) is 6.70. The summed E-state index contributed by atoms with van der Waals surface area (Å²) < 4.78 is 5.88. The number of nitrogens with zero attached hydrogens (tertiary/aromatic N) is 2. The largest absolute Gasteiger partial charge is 0.376 e. The number of rotatable bonds is 7. The van der Waals surface area contributed by atoms with Crippen LogP contribution in [-0.4, -0.2) is 35.5 Å². The number of piperidine rings is 1. The Bertz CT molecular complexity index is 903. The van der Waals surface area contributed by atoms with Crippen molar-refractivity contribution >= 4 is 17.2 Å². The summed E-state index contributed by atoms with van der Waals surface area (Å²) in [5.74, 6) is 0.713. The molecule has 4 nitrogen and oxygen atoms in total. The minimum absolute atomic E-state index is 0.179. The van der Waals surface area contributed by atoms with Crippen molar-refractivity contribution in [3.63, 3.8) is 0 Å². The monoisotopic (exact) mass is 406 g/mol. The summed E-state index contributed by atoms with van der Waals surface area (Å²) in [4.78, 5) is 19.3. The Morgan fingerprint density at radius 2 is 1.72 bits per heavy atom. The Labute approximate surface area is 176 Å². The van der Waals surface area contributed by atoms with Gasteiger partial charge in [-0.25, -0.2) is 4.98 Å². The molecule has 0 atom stereocenters. The molecule has 0 unspecified atom stereocenters. The van der Waals surface area contributed by atoms with Crippen molar-refractivity contribution in [1.29, 1.82) is 0 Å². The molecule has 2 aromatic carbocycles. The molecule has 1 aliphatic rings. The summed E-state index contributed by atoms with van der Waals surface area (Å²) in [5, 5.41) is 2.98.